The summed E-state index contributed by atoms with van der Waals surface area (Å²) in [5.74, 6) is 1.92. The van der Waals surface area contributed by atoms with Crippen LogP contribution in [0.3, 0.4) is 0 Å². The molecule has 0 saturated carbocycles. The zero-order valence-corrected chi connectivity index (χ0v) is 14.1. The molecule has 1 atom stereocenters. The largest absolute Gasteiger partial charge is 0.341 e. The summed E-state index contributed by atoms with van der Waals surface area (Å²) in [6.45, 7) is 12.5. The van der Waals surface area contributed by atoms with Gasteiger partial charge in [-0.15, -0.1) is 0 Å². The van der Waals surface area contributed by atoms with Crippen LogP contribution >= 0.6 is 11.6 Å². The van der Waals surface area contributed by atoms with Gasteiger partial charge in [-0.05, 0) is 44.7 Å². The molecule has 0 aliphatic rings. The molecule has 0 amide bonds. The molecule has 0 spiro atoms. The summed E-state index contributed by atoms with van der Waals surface area (Å²) in [6.07, 6.45) is 1.08. The Kier molecular flexibility index (Phi) is 6.46. The first-order chi connectivity index (χ1) is 9.38. The molecule has 1 heterocycles. The Bertz CT molecular complexity index is 420. The van der Waals surface area contributed by atoms with Gasteiger partial charge in [0.25, 0.3) is 0 Å². The summed E-state index contributed by atoms with van der Waals surface area (Å²) < 4.78 is 0. The second-order valence-corrected chi connectivity index (χ2v) is 5.80. The normalized spacial score (nSPS) is 12.6. The quantitative estimate of drug-likeness (QED) is 0.773. The highest BCUT2D eigenvalue weighted by atomic mass is 35.5. The Hall–Kier alpha value is -1.10. The maximum absolute atomic E-state index is 6.05. The standard InChI is InChI=1S/C14H26ClN5/c1-7-20(8-2)14-17-12(15)16-13(18-14)19(6)11(5)9-10(3)4/h10-11H,7-9H2,1-6H3. The zero-order chi connectivity index (χ0) is 15.3. The highest BCUT2D eigenvalue weighted by Crippen LogP contribution is 2.19. The number of aromatic nitrogens is 3. The number of hydrogen-bond acceptors (Lipinski definition) is 5. The number of anilines is 2. The van der Waals surface area contributed by atoms with Crippen LogP contribution in [0, 0.1) is 5.92 Å². The summed E-state index contributed by atoms with van der Waals surface area (Å²) in [5.41, 5.74) is 0. The van der Waals surface area contributed by atoms with Gasteiger partial charge in [-0.2, -0.15) is 15.0 Å². The van der Waals surface area contributed by atoms with Crippen LogP contribution in [0.25, 0.3) is 0 Å². The molecule has 1 aromatic heterocycles. The summed E-state index contributed by atoms with van der Waals surface area (Å²) >= 11 is 6.05. The number of rotatable bonds is 7. The van der Waals surface area contributed by atoms with E-state index in [1.165, 1.54) is 0 Å². The van der Waals surface area contributed by atoms with Crippen molar-refractivity contribution in [3.8, 4) is 0 Å². The second kappa shape index (κ2) is 7.62. The lowest BCUT2D eigenvalue weighted by molar-refractivity contribution is 0.499. The van der Waals surface area contributed by atoms with Crippen molar-refractivity contribution in [2.24, 2.45) is 5.92 Å². The van der Waals surface area contributed by atoms with Crippen molar-refractivity contribution in [3.05, 3.63) is 5.28 Å². The van der Waals surface area contributed by atoms with Gasteiger partial charge >= 0.3 is 0 Å². The first kappa shape index (κ1) is 17.0. The molecule has 0 bridgehead atoms. The number of hydrogen-bond donors (Lipinski definition) is 0. The second-order valence-electron chi connectivity index (χ2n) is 5.47. The van der Waals surface area contributed by atoms with E-state index in [0.29, 0.717) is 23.9 Å². The number of nitrogens with zero attached hydrogens (tertiary/aromatic N) is 5. The fourth-order valence-corrected chi connectivity index (χ4v) is 2.32. The average molecular weight is 300 g/mol. The van der Waals surface area contributed by atoms with E-state index < -0.39 is 0 Å². The van der Waals surface area contributed by atoms with Crippen LogP contribution in [0.2, 0.25) is 5.28 Å². The van der Waals surface area contributed by atoms with Crippen LogP contribution in [0.5, 0.6) is 0 Å². The van der Waals surface area contributed by atoms with Crippen LogP contribution in [0.4, 0.5) is 11.9 Å². The molecule has 0 fully saturated rings. The van der Waals surface area contributed by atoms with Gasteiger partial charge in [0.2, 0.25) is 17.2 Å². The molecule has 20 heavy (non-hydrogen) atoms. The third-order valence-electron chi connectivity index (χ3n) is 3.42. The number of halogens is 1. The van der Waals surface area contributed by atoms with E-state index in [1.54, 1.807) is 0 Å². The van der Waals surface area contributed by atoms with E-state index in [1.807, 2.05) is 7.05 Å². The molecule has 1 rings (SSSR count). The Morgan fingerprint density at radius 2 is 1.55 bits per heavy atom. The Balaban J connectivity index is 3.00. The third kappa shape index (κ3) is 4.47. The molecule has 1 unspecified atom stereocenters. The predicted molar refractivity (Wildman–Crippen MR) is 85.7 cm³/mol. The van der Waals surface area contributed by atoms with E-state index in [-0.39, 0.29) is 5.28 Å². The van der Waals surface area contributed by atoms with E-state index in [2.05, 4.69) is 59.4 Å². The molecule has 0 saturated heterocycles. The lowest BCUT2D eigenvalue weighted by Gasteiger charge is -2.27. The van der Waals surface area contributed by atoms with Crippen LogP contribution in [-0.2, 0) is 0 Å². The van der Waals surface area contributed by atoms with Gasteiger partial charge in [-0.25, -0.2) is 0 Å². The predicted octanol–water partition coefficient (Wildman–Crippen LogP) is 3.24. The van der Waals surface area contributed by atoms with Gasteiger partial charge in [-0.1, -0.05) is 13.8 Å². The van der Waals surface area contributed by atoms with Gasteiger partial charge in [0.05, 0.1) is 0 Å². The highest BCUT2D eigenvalue weighted by molar-refractivity contribution is 6.28. The van der Waals surface area contributed by atoms with Gasteiger partial charge in [0.15, 0.2) is 0 Å². The maximum Gasteiger partial charge on any atom is 0.231 e. The van der Waals surface area contributed by atoms with E-state index in [0.717, 1.165) is 19.5 Å². The molecule has 6 heteroatoms. The van der Waals surface area contributed by atoms with Crippen LogP contribution in [0.15, 0.2) is 0 Å². The maximum atomic E-state index is 6.05. The van der Waals surface area contributed by atoms with E-state index >= 15 is 0 Å². The molecule has 0 aliphatic carbocycles. The van der Waals surface area contributed by atoms with Crippen molar-refractivity contribution in [1.82, 2.24) is 15.0 Å². The van der Waals surface area contributed by atoms with Gasteiger partial charge in [-0.3, -0.25) is 0 Å². The SMILES string of the molecule is CCN(CC)c1nc(Cl)nc(N(C)C(C)CC(C)C)n1. The molecular formula is C14H26ClN5. The van der Waals surface area contributed by atoms with Crippen LogP contribution < -0.4 is 9.80 Å². The Morgan fingerprint density at radius 3 is 2.05 bits per heavy atom. The van der Waals surface area contributed by atoms with E-state index in [4.69, 9.17) is 11.6 Å². The molecule has 5 nitrogen and oxygen atoms in total. The average Bonchev–Trinajstić information content (AvgIpc) is 2.37. The van der Waals surface area contributed by atoms with Gasteiger partial charge in [0.1, 0.15) is 0 Å². The molecule has 0 aliphatic heterocycles. The van der Waals surface area contributed by atoms with Crippen molar-refractivity contribution >= 4 is 23.5 Å². The minimum absolute atomic E-state index is 0.250. The minimum atomic E-state index is 0.250. The molecule has 0 N–H and O–H groups in total. The molecule has 1 aromatic rings. The third-order valence-corrected chi connectivity index (χ3v) is 3.59. The summed E-state index contributed by atoms with van der Waals surface area (Å²) in [7, 11) is 2.00. The summed E-state index contributed by atoms with van der Waals surface area (Å²) in [5, 5.41) is 0.250. The van der Waals surface area contributed by atoms with Crippen molar-refractivity contribution < 1.29 is 0 Å². The van der Waals surface area contributed by atoms with Gasteiger partial charge in [0, 0.05) is 26.2 Å². The lowest BCUT2D eigenvalue weighted by atomic mass is 10.0. The molecule has 0 aromatic carbocycles. The van der Waals surface area contributed by atoms with Crippen molar-refractivity contribution in [1.29, 1.82) is 0 Å². The zero-order valence-electron chi connectivity index (χ0n) is 13.4. The fourth-order valence-electron chi connectivity index (χ4n) is 2.17. The Morgan fingerprint density at radius 1 is 1.00 bits per heavy atom. The van der Waals surface area contributed by atoms with Crippen molar-refractivity contribution in [2.45, 2.75) is 47.1 Å². The van der Waals surface area contributed by atoms with Crippen LogP contribution in [0.1, 0.15) is 41.0 Å². The minimum Gasteiger partial charge on any atom is -0.341 e. The van der Waals surface area contributed by atoms with Crippen molar-refractivity contribution in [3.63, 3.8) is 0 Å². The molecule has 0 radical (unpaired) electrons. The summed E-state index contributed by atoms with van der Waals surface area (Å²) in [4.78, 5) is 17.2. The van der Waals surface area contributed by atoms with Gasteiger partial charge < -0.3 is 9.80 Å². The lowest BCUT2D eigenvalue weighted by Crippen LogP contribution is -2.33. The monoisotopic (exact) mass is 299 g/mol. The van der Waals surface area contributed by atoms with Crippen LogP contribution in [-0.4, -0.2) is 41.1 Å². The molecule has 114 valence electrons. The van der Waals surface area contributed by atoms with E-state index in [9.17, 15) is 0 Å². The van der Waals surface area contributed by atoms with Crippen molar-refractivity contribution in [2.75, 3.05) is 29.9 Å². The smallest absolute Gasteiger partial charge is 0.231 e. The first-order valence-electron chi connectivity index (χ1n) is 7.28. The topological polar surface area (TPSA) is 45.2 Å². The highest BCUT2D eigenvalue weighted by Gasteiger charge is 2.17. The fraction of sp³-hybridized carbons (Fsp3) is 0.786. The summed E-state index contributed by atoms with van der Waals surface area (Å²) in [6, 6.07) is 0.359. The first-order valence-corrected chi connectivity index (χ1v) is 7.66. The Labute approximate surface area is 127 Å². The molecular weight excluding hydrogens is 274 g/mol.